The van der Waals surface area contributed by atoms with Crippen LogP contribution < -0.4 is 5.32 Å². The SMILES string of the molecule is CCOC(=O)CC(C)NC1C2(C)CCC(C2)C1(C)C. The molecule has 0 aromatic heterocycles. The van der Waals surface area contributed by atoms with Gasteiger partial charge in [-0.05, 0) is 49.9 Å². The van der Waals surface area contributed by atoms with Crippen LogP contribution in [0.4, 0.5) is 0 Å². The van der Waals surface area contributed by atoms with Gasteiger partial charge >= 0.3 is 5.97 Å². The van der Waals surface area contributed by atoms with E-state index in [-0.39, 0.29) is 12.0 Å². The quantitative estimate of drug-likeness (QED) is 0.778. The van der Waals surface area contributed by atoms with Crippen LogP contribution in [0.2, 0.25) is 0 Å². The predicted octanol–water partition coefficient (Wildman–Crippen LogP) is 3.13. The lowest BCUT2D eigenvalue weighted by atomic mass is 9.68. The largest absolute Gasteiger partial charge is 0.466 e. The zero-order valence-corrected chi connectivity index (χ0v) is 13.1. The first-order valence-electron chi connectivity index (χ1n) is 7.71. The van der Waals surface area contributed by atoms with Crippen molar-refractivity contribution < 1.29 is 9.53 Å². The summed E-state index contributed by atoms with van der Waals surface area (Å²) in [5, 5.41) is 3.73. The van der Waals surface area contributed by atoms with Crippen LogP contribution in [0.1, 0.15) is 60.3 Å². The molecule has 2 fully saturated rings. The Kier molecular flexibility index (Phi) is 3.97. The number of fused-ring (bicyclic) bond motifs is 2. The maximum atomic E-state index is 11.6. The van der Waals surface area contributed by atoms with E-state index in [1.54, 1.807) is 0 Å². The Morgan fingerprint density at radius 1 is 1.42 bits per heavy atom. The summed E-state index contributed by atoms with van der Waals surface area (Å²) in [6, 6.07) is 0.711. The Morgan fingerprint density at radius 3 is 2.63 bits per heavy atom. The first-order valence-corrected chi connectivity index (χ1v) is 7.71. The molecule has 2 aliphatic carbocycles. The van der Waals surface area contributed by atoms with Crippen LogP contribution in [0.15, 0.2) is 0 Å². The third kappa shape index (κ3) is 2.67. The minimum absolute atomic E-state index is 0.0892. The normalized spacial score (nSPS) is 37.3. The van der Waals surface area contributed by atoms with Crippen LogP contribution in [0.5, 0.6) is 0 Å². The highest BCUT2D eigenvalue weighted by atomic mass is 16.5. The summed E-state index contributed by atoms with van der Waals surface area (Å²) >= 11 is 0. The Bertz CT molecular complexity index is 348. The molecule has 4 unspecified atom stereocenters. The third-order valence-electron chi connectivity index (χ3n) is 5.50. The van der Waals surface area contributed by atoms with E-state index in [1.165, 1.54) is 19.3 Å². The molecule has 2 rings (SSSR count). The van der Waals surface area contributed by atoms with E-state index < -0.39 is 0 Å². The molecule has 3 heteroatoms. The van der Waals surface area contributed by atoms with E-state index in [2.05, 4.69) is 33.0 Å². The zero-order chi connectivity index (χ0) is 14.3. The second kappa shape index (κ2) is 5.08. The maximum Gasteiger partial charge on any atom is 0.307 e. The summed E-state index contributed by atoms with van der Waals surface area (Å²) in [7, 11) is 0. The summed E-state index contributed by atoms with van der Waals surface area (Å²) in [5.41, 5.74) is 0.757. The highest BCUT2D eigenvalue weighted by molar-refractivity contribution is 5.70. The fourth-order valence-electron chi connectivity index (χ4n) is 4.53. The Labute approximate surface area is 117 Å². The highest BCUT2D eigenvalue weighted by Crippen LogP contribution is 2.62. The molecule has 0 spiro atoms. The molecule has 0 aromatic carbocycles. The fourth-order valence-corrected chi connectivity index (χ4v) is 4.53. The van der Waals surface area contributed by atoms with Crippen LogP contribution in [-0.4, -0.2) is 24.7 Å². The van der Waals surface area contributed by atoms with E-state index in [1.807, 2.05) is 6.92 Å². The molecule has 1 N–H and O–H groups in total. The lowest BCUT2D eigenvalue weighted by molar-refractivity contribution is -0.143. The number of esters is 1. The van der Waals surface area contributed by atoms with Crippen LogP contribution in [-0.2, 0) is 9.53 Å². The van der Waals surface area contributed by atoms with Gasteiger partial charge in [-0.25, -0.2) is 0 Å². The van der Waals surface area contributed by atoms with E-state index in [9.17, 15) is 4.79 Å². The minimum atomic E-state index is -0.0892. The first-order chi connectivity index (χ1) is 8.79. The van der Waals surface area contributed by atoms with E-state index in [4.69, 9.17) is 4.74 Å². The summed E-state index contributed by atoms with van der Waals surface area (Å²) < 4.78 is 5.04. The minimum Gasteiger partial charge on any atom is -0.466 e. The second-order valence-electron chi connectivity index (χ2n) is 7.42. The van der Waals surface area contributed by atoms with Crippen LogP contribution >= 0.6 is 0 Å². The van der Waals surface area contributed by atoms with Crippen molar-refractivity contribution in [3.63, 3.8) is 0 Å². The van der Waals surface area contributed by atoms with E-state index in [0.29, 0.717) is 29.9 Å². The monoisotopic (exact) mass is 267 g/mol. The zero-order valence-electron chi connectivity index (χ0n) is 13.1. The van der Waals surface area contributed by atoms with Crippen molar-refractivity contribution in [3.8, 4) is 0 Å². The van der Waals surface area contributed by atoms with Crippen molar-refractivity contribution in [2.45, 2.75) is 72.4 Å². The van der Waals surface area contributed by atoms with Gasteiger partial charge < -0.3 is 10.1 Å². The van der Waals surface area contributed by atoms with Gasteiger partial charge in [0.1, 0.15) is 0 Å². The smallest absolute Gasteiger partial charge is 0.307 e. The topological polar surface area (TPSA) is 38.3 Å². The summed E-state index contributed by atoms with van der Waals surface area (Å²) in [6.45, 7) is 11.6. The van der Waals surface area contributed by atoms with Gasteiger partial charge in [0.2, 0.25) is 0 Å². The van der Waals surface area contributed by atoms with Gasteiger partial charge in [-0.3, -0.25) is 4.79 Å². The second-order valence-corrected chi connectivity index (χ2v) is 7.42. The van der Waals surface area contributed by atoms with Crippen molar-refractivity contribution in [2.24, 2.45) is 16.7 Å². The molecule has 3 nitrogen and oxygen atoms in total. The fraction of sp³-hybridized carbons (Fsp3) is 0.938. The number of rotatable bonds is 5. The highest BCUT2D eigenvalue weighted by Gasteiger charge is 2.59. The number of hydrogen-bond donors (Lipinski definition) is 1. The lowest BCUT2D eigenvalue weighted by Gasteiger charge is -2.44. The molecule has 0 aliphatic heterocycles. The van der Waals surface area contributed by atoms with E-state index >= 15 is 0 Å². The Balaban J connectivity index is 1.96. The Morgan fingerprint density at radius 2 is 2.11 bits per heavy atom. The molecular formula is C16H29NO2. The standard InChI is InChI=1S/C16H29NO2/c1-6-19-13(18)9-11(2)17-14-15(3,4)12-7-8-16(14,5)10-12/h11-12,14,17H,6-10H2,1-5H3. The van der Waals surface area contributed by atoms with Crippen molar-refractivity contribution in [3.05, 3.63) is 0 Å². The molecular weight excluding hydrogens is 238 g/mol. The Hall–Kier alpha value is -0.570. The summed E-state index contributed by atoms with van der Waals surface area (Å²) in [6.07, 6.45) is 4.50. The molecule has 0 saturated heterocycles. The van der Waals surface area contributed by atoms with Crippen molar-refractivity contribution >= 4 is 5.97 Å². The van der Waals surface area contributed by atoms with Gasteiger partial charge in [0.05, 0.1) is 13.0 Å². The number of hydrogen-bond acceptors (Lipinski definition) is 3. The molecule has 2 saturated carbocycles. The lowest BCUT2D eigenvalue weighted by Crippen LogP contribution is -2.53. The molecule has 2 aliphatic rings. The molecule has 0 radical (unpaired) electrons. The van der Waals surface area contributed by atoms with Gasteiger partial charge in [0.15, 0.2) is 0 Å². The van der Waals surface area contributed by atoms with Gasteiger partial charge in [-0.1, -0.05) is 20.8 Å². The molecule has 2 bridgehead atoms. The average Bonchev–Trinajstić information content (AvgIpc) is 2.76. The number of carbonyl (C=O) groups excluding carboxylic acids is 1. The number of nitrogens with one attached hydrogen (secondary N) is 1. The molecule has 0 heterocycles. The predicted molar refractivity (Wildman–Crippen MR) is 76.9 cm³/mol. The molecule has 110 valence electrons. The van der Waals surface area contributed by atoms with E-state index in [0.717, 1.165) is 5.92 Å². The van der Waals surface area contributed by atoms with Crippen molar-refractivity contribution in [1.29, 1.82) is 0 Å². The van der Waals surface area contributed by atoms with Crippen LogP contribution in [0, 0.1) is 16.7 Å². The summed E-state index contributed by atoms with van der Waals surface area (Å²) in [5.74, 6) is 0.749. The molecule has 4 atom stereocenters. The first kappa shape index (κ1) is 14.8. The summed E-state index contributed by atoms with van der Waals surface area (Å²) in [4.78, 5) is 11.6. The van der Waals surface area contributed by atoms with Crippen molar-refractivity contribution in [1.82, 2.24) is 5.32 Å². The maximum absolute atomic E-state index is 11.6. The molecule has 0 aromatic rings. The van der Waals surface area contributed by atoms with Gasteiger partial charge in [0.25, 0.3) is 0 Å². The number of ether oxygens (including phenoxy) is 1. The third-order valence-corrected chi connectivity index (χ3v) is 5.50. The van der Waals surface area contributed by atoms with Crippen LogP contribution in [0.25, 0.3) is 0 Å². The molecule has 19 heavy (non-hydrogen) atoms. The molecule has 0 amide bonds. The average molecular weight is 267 g/mol. The number of carbonyl (C=O) groups is 1. The van der Waals surface area contributed by atoms with Gasteiger partial charge in [-0.15, -0.1) is 0 Å². The van der Waals surface area contributed by atoms with Gasteiger partial charge in [0, 0.05) is 12.1 Å². The van der Waals surface area contributed by atoms with Crippen LogP contribution in [0.3, 0.4) is 0 Å². The van der Waals surface area contributed by atoms with Crippen molar-refractivity contribution in [2.75, 3.05) is 6.61 Å². The van der Waals surface area contributed by atoms with Gasteiger partial charge in [-0.2, -0.15) is 0 Å².